The zero-order chi connectivity index (χ0) is 10.3. The fourth-order valence-electron chi connectivity index (χ4n) is 1.83. The second-order valence-electron chi connectivity index (χ2n) is 3.76. The van der Waals surface area contributed by atoms with Gasteiger partial charge in [-0.25, -0.2) is 4.58 Å². The predicted molar refractivity (Wildman–Crippen MR) is 54.3 cm³/mol. The topological polar surface area (TPSA) is 43.5 Å². The first kappa shape index (κ1) is 9.06. The summed E-state index contributed by atoms with van der Waals surface area (Å²) in [6.07, 6.45) is 0.914. The molecule has 0 fully saturated rings. The molecule has 0 spiro atoms. The van der Waals surface area contributed by atoms with Crippen LogP contribution in [0, 0.1) is 0 Å². The van der Waals surface area contributed by atoms with E-state index in [4.69, 9.17) is 0 Å². The van der Waals surface area contributed by atoms with Gasteiger partial charge >= 0.3 is 0 Å². The lowest BCUT2D eigenvalue weighted by atomic mass is 9.97. The highest BCUT2D eigenvalue weighted by atomic mass is 16.3. The van der Waals surface area contributed by atoms with Crippen LogP contribution in [0.3, 0.4) is 0 Å². The maximum atomic E-state index is 9.40. The van der Waals surface area contributed by atoms with E-state index in [2.05, 4.69) is 4.58 Å². The summed E-state index contributed by atoms with van der Waals surface area (Å²) in [5, 5.41) is 18.8. The number of rotatable bonds is 0. The Balaban J connectivity index is 2.64. The largest absolute Gasteiger partial charge is 0.504 e. The zero-order valence-corrected chi connectivity index (χ0v) is 8.41. The van der Waals surface area contributed by atoms with E-state index in [0.717, 1.165) is 29.8 Å². The van der Waals surface area contributed by atoms with Crippen LogP contribution in [0.5, 0.6) is 11.5 Å². The van der Waals surface area contributed by atoms with Gasteiger partial charge in [0.15, 0.2) is 17.2 Å². The molecule has 0 aliphatic carbocycles. The highest BCUT2D eigenvalue weighted by Gasteiger charge is 2.21. The van der Waals surface area contributed by atoms with Crippen LogP contribution >= 0.6 is 0 Å². The van der Waals surface area contributed by atoms with E-state index in [1.165, 1.54) is 0 Å². The van der Waals surface area contributed by atoms with Gasteiger partial charge in [0.05, 0.1) is 0 Å². The number of phenols is 2. The molecule has 1 heterocycles. The quantitative estimate of drug-likeness (QED) is 0.477. The number of phenolic OH excluding ortho intramolecular Hbond substituents is 2. The van der Waals surface area contributed by atoms with Gasteiger partial charge in [-0.2, -0.15) is 0 Å². The zero-order valence-electron chi connectivity index (χ0n) is 8.41. The minimum Gasteiger partial charge on any atom is -0.504 e. The lowest BCUT2D eigenvalue weighted by Gasteiger charge is -2.14. The van der Waals surface area contributed by atoms with E-state index in [0.29, 0.717) is 0 Å². The number of aromatic hydroxyl groups is 2. The molecule has 1 aliphatic rings. The van der Waals surface area contributed by atoms with Gasteiger partial charge in [-0.3, -0.25) is 0 Å². The van der Waals surface area contributed by atoms with E-state index in [1.807, 2.05) is 14.0 Å². The standard InChI is InChI=1S/C11H13NO2/c1-7-9-6-11(14)10(13)5-8(9)3-4-12(7)2/h5-6,14H,3-4H2,1-2H3/p+1. The van der Waals surface area contributed by atoms with E-state index in [-0.39, 0.29) is 11.5 Å². The number of likely N-dealkylation sites (N-methyl/N-ethyl adjacent to an activating group) is 1. The van der Waals surface area contributed by atoms with Crippen molar-refractivity contribution in [3.8, 4) is 11.5 Å². The van der Waals surface area contributed by atoms with E-state index >= 15 is 0 Å². The molecule has 14 heavy (non-hydrogen) atoms. The predicted octanol–water partition coefficient (Wildman–Crippen LogP) is 1.11. The molecular formula is C11H14NO2+. The summed E-state index contributed by atoms with van der Waals surface area (Å²) < 4.78 is 2.15. The number of nitrogens with zero attached hydrogens (tertiary/aromatic N) is 1. The second-order valence-corrected chi connectivity index (χ2v) is 3.76. The van der Waals surface area contributed by atoms with Crippen LogP contribution < -0.4 is 0 Å². The van der Waals surface area contributed by atoms with Crippen molar-refractivity contribution in [3.05, 3.63) is 23.3 Å². The van der Waals surface area contributed by atoms with Crippen molar-refractivity contribution in [2.75, 3.05) is 13.6 Å². The van der Waals surface area contributed by atoms with Crippen LogP contribution in [0.25, 0.3) is 0 Å². The Morgan fingerprint density at radius 2 is 1.86 bits per heavy atom. The fourth-order valence-corrected chi connectivity index (χ4v) is 1.83. The third kappa shape index (κ3) is 1.25. The Morgan fingerprint density at radius 3 is 2.57 bits per heavy atom. The van der Waals surface area contributed by atoms with Crippen LogP contribution in [-0.2, 0) is 6.42 Å². The number of hydrogen-bond acceptors (Lipinski definition) is 2. The van der Waals surface area contributed by atoms with Gasteiger partial charge in [0.25, 0.3) is 0 Å². The molecule has 0 radical (unpaired) electrons. The van der Waals surface area contributed by atoms with Crippen molar-refractivity contribution in [2.45, 2.75) is 13.3 Å². The van der Waals surface area contributed by atoms with Crippen LogP contribution in [0.15, 0.2) is 12.1 Å². The highest BCUT2D eigenvalue weighted by Crippen LogP contribution is 2.30. The van der Waals surface area contributed by atoms with Crippen molar-refractivity contribution >= 4 is 5.71 Å². The summed E-state index contributed by atoms with van der Waals surface area (Å²) in [5.41, 5.74) is 3.28. The highest BCUT2D eigenvalue weighted by molar-refractivity contribution is 5.97. The van der Waals surface area contributed by atoms with Crippen molar-refractivity contribution in [2.24, 2.45) is 0 Å². The molecule has 74 valence electrons. The number of fused-ring (bicyclic) bond motifs is 1. The first-order valence-corrected chi connectivity index (χ1v) is 4.69. The lowest BCUT2D eigenvalue weighted by molar-refractivity contribution is -0.498. The third-order valence-corrected chi connectivity index (χ3v) is 2.88. The lowest BCUT2D eigenvalue weighted by Crippen LogP contribution is -2.24. The van der Waals surface area contributed by atoms with Crippen LogP contribution in [-0.4, -0.2) is 34.1 Å². The van der Waals surface area contributed by atoms with Crippen molar-refractivity contribution in [3.63, 3.8) is 0 Å². The molecular weight excluding hydrogens is 178 g/mol. The van der Waals surface area contributed by atoms with E-state index in [9.17, 15) is 10.2 Å². The Morgan fingerprint density at radius 1 is 1.21 bits per heavy atom. The summed E-state index contributed by atoms with van der Waals surface area (Å²) in [4.78, 5) is 0. The molecule has 1 aromatic rings. The van der Waals surface area contributed by atoms with Gasteiger partial charge in [0.2, 0.25) is 0 Å². The van der Waals surface area contributed by atoms with Crippen molar-refractivity contribution < 1.29 is 14.8 Å². The van der Waals surface area contributed by atoms with E-state index in [1.54, 1.807) is 12.1 Å². The first-order valence-electron chi connectivity index (χ1n) is 4.69. The van der Waals surface area contributed by atoms with Gasteiger partial charge in [-0.1, -0.05) is 0 Å². The first-order chi connectivity index (χ1) is 6.59. The van der Waals surface area contributed by atoms with Gasteiger partial charge in [-0.15, -0.1) is 0 Å². The fraction of sp³-hybridized carbons (Fsp3) is 0.364. The maximum Gasteiger partial charge on any atom is 0.180 e. The Bertz CT molecular complexity index is 422. The third-order valence-electron chi connectivity index (χ3n) is 2.88. The molecule has 2 N–H and O–H groups in total. The summed E-state index contributed by atoms with van der Waals surface area (Å²) in [6, 6.07) is 3.29. The molecule has 2 rings (SSSR count). The minimum atomic E-state index is -0.0431. The number of benzene rings is 1. The van der Waals surface area contributed by atoms with Gasteiger partial charge in [0, 0.05) is 18.9 Å². The molecule has 0 bridgehead atoms. The van der Waals surface area contributed by atoms with Gasteiger partial charge in [0.1, 0.15) is 13.6 Å². The molecule has 0 amide bonds. The Kier molecular flexibility index (Phi) is 1.95. The SMILES string of the molecule is CC1=[N+](C)CCc2cc(O)c(O)cc21. The van der Waals surface area contributed by atoms with Crippen molar-refractivity contribution in [1.82, 2.24) is 0 Å². The minimum absolute atomic E-state index is 0.0268. The summed E-state index contributed by atoms with van der Waals surface area (Å²) in [7, 11) is 2.03. The van der Waals surface area contributed by atoms with Crippen LogP contribution in [0.4, 0.5) is 0 Å². The molecule has 1 aromatic carbocycles. The Hall–Kier alpha value is -1.51. The van der Waals surface area contributed by atoms with Crippen molar-refractivity contribution in [1.29, 1.82) is 0 Å². The van der Waals surface area contributed by atoms with Crippen LogP contribution in [0.1, 0.15) is 18.1 Å². The van der Waals surface area contributed by atoms with Gasteiger partial charge in [-0.05, 0) is 17.7 Å². The summed E-state index contributed by atoms with van der Waals surface area (Å²) in [5.74, 6) is -0.0699. The van der Waals surface area contributed by atoms with Gasteiger partial charge < -0.3 is 10.2 Å². The normalized spacial score (nSPS) is 15.6. The summed E-state index contributed by atoms with van der Waals surface area (Å²) in [6.45, 7) is 2.98. The summed E-state index contributed by atoms with van der Waals surface area (Å²) >= 11 is 0. The average molecular weight is 192 g/mol. The van der Waals surface area contributed by atoms with E-state index < -0.39 is 0 Å². The molecule has 3 nitrogen and oxygen atoms in total. The number of hydrogen-bond donors (Lipinski definition) is 2. The average Bonchev–Trinajstić information content (AvgIpc) is 2.15. The molecule has 3 heteroatoms. The Labute approximate surface area is 82.9 Å². The molecule has 0 aromatic heterocycles. The monoisotopic (exact) mass is 192 g/mol. The molecule has 0 saturated heterocycles. The van der Waals surface area contributed by atoms with Crippen LogP contribution in [0.2, 0.25) is 0 Å². The molecule has 0 saturated carbocycles. The molecule has 0 unspecified atom stereocenters. The smallest absolute Gasteiger partial charge is 0.180 e. The maximum absolute atomic E-state index is 9.40. The molecule has 1 aliphatic heterocycles. The molecule has 0 atom stereocenters. The second kappa shape index (κ2) is 3.01.